The topological polar surface area (TPSA) is 150 Å². The molecule has 1 aromatic carbocycles. The summed E-state index contributed by atoms with van der Waals surface area (Å²) in [5.41, 5.74) is 2.34. The first-order chi connectivity index (χ1) is 20.5. The van der Waals surface area contributed by atoms with Crippen molar-refractivity contribution in [2.45, 2.75) is 65.2 Å². The molecule has 11 nitrogen and oxygen atoms in total. The number of amides is 1. The Morgan fingerprint density at radius 2 is 1.84 bits per heavy atom. The van der Waals surface area contributed by atoms with E-state index < -0.39 is 66.0 Å². The molecule has 1 aliphatic rings. The predicted octanol–water partition coefficient (Wildman–Crippen LogP) is 3.85. The zero-order valence-corrected chi connectivity index (χ0v) is 25.0. The number of esters is 3. The smallest absolute Gasteiger partial charge is 0.332 e. The largest absolute Gasteiger partial charge is 0.503 e. The molecule has 1 aromatic heterocycles. The lowest BCUT2D eigenvalue weighted by molar-refractivity contribution is -0.171. The molecular weight excluding hydrogens is 556 g/mol. The number of nitrogens with zero attached hydrogens (tertiary/aromatic N) is 1. The van der Waals surface area contributed by atoms with Crippen molar-refractivity contribution in [3.05, 3.63) is 77.2 Å². The average molecular weight is 595 g/mol. The maximum atomic E-state index is 13.5. The van der Waals surface area contributed by atoms with Gasteiger partial charge in [-0.05, 0) is 52.5 Å². The van der Waals surface area contributed by atoms with Crippen molar-refractivity contribution in [3.8, 4) is 11.5 Å². The van der Waals surface area contributed by atoms with Gasteiger partial charge in [-0.3, -0.25) is 9.59 Å². The number of ether oxygens (including phenoxy) is 4. The van der Waals surface area contributed by atoms with Crippen LogP contribution in [-0.4, -0.2) is 65.9 Å². The Bertz CT molecular complexity index is 1370. The minimum absolute atomic E-state index is 0.00637. The van der Waals surface area contributed by atoms with Gasteiger partial charge in [-0.15, -0.1) is 0 Å². The highest BCUT2D eigenvalue weighted by atomic mass is 16.6. The van der Waals surface area contributed by atoms with Crippen molar-refractivity contribution in [1.29, 1.82) is 0 Å². The molecule has 0 bridgehead atoms. The minimum atomic E-state index is -1.43. The maximum Gasteiger partial charge on any atom is 0.332 e. The summed E-state index contributed by atoms with van der Waals surface area (Å²) in [6.07, 6.45) is 3.95. The number of hydrogen-bond donors (Lipinski definition) is 2. The second-order valence-corrected chi connectivity index (χ2v) is 10.5. The van der Waals surface area contributed by atoms with Crippen LogP contribution in [0.25, 0.3) is 0 Å². The molecule has 2 unspecified atom stereocenters. The number of methoxy groups -OCH3 is 1. The predicted molar refractivity (Wildman–Crippen MR) is 156 cm³/mol. The number of carbonyl (C=O) groups excluding carboxylic acids is 4. The number of nitrogens with one attached hydrogen (secondary N) is 1. The van der Waals surface area contributed by atoms with Crippen LogP contribution in [0.5, 0.6) is 11.5 Å². The summed E-state index contributed by atoms with van der Waals surface area (Å²) in [5.74, 6) is -4.80. The third-order valence-corrected chi connectivity index (χ3v) is 6.77. The molecule has 11 heteroatoms. The van der Waals surface area contributed by atoms with E-state index in [0.29, 0.717) is 6.42 Å². The zero-order chi connectivity index (χ0) is 31.5. The second-order valence-electron chi connectivity index (χ2n) is 10.5. The molecule has 3 rings (SSSR count). The van der Waals surface area contributed by atoms with Gasteiger partial charge in [-0.1, -0.05) is 47.6 Å². The Kier molecular flexibility index (Phi) is 11.9. The maximum absolute atomic E-state index is 13.5. The standard InChI is InChI=1S/C32H38N2O9/c1-19(2)10-9-11-20(3)16-26(35)43-29-21(4)42-32(39)24(34-30(37)27-28(36)25(40-5)14-15-33-27)18-41-31(38)23(29)17-22-12-7-6-8-13-22/h6-8,10,12-16,21,23-24,29,36H,9,11,17-18H2,1-5H3,(H,34,37)/b20-16+/t21-,23+,24?,29?/m0/s1. The first-order valence-corrected chi connectivity index (χ1v) is 13.9. The van der Waals surface area contributed by atoms with Gasteiger partial charge in [0.2, 0.25) is 0 Å². The molecule has 0 spiro atoms. The van der Waals surface area contributed by atoms with Crippen LogP contribution < -0.4 is 10.1 Å². The Balaban J connectivity index is 1.86. The Labute approximate surface area is 250 Å². The molecular formula is C32H38N2O9. The molecule has 2 heterocycles. The van der Waals surface area contributed by atoms with E-state index in [1.165, 1.54) is 37.9 Å². The zero-order valence-electron chi connectivity index (χ0n) is 25.0. The third-order valence-electron chi connectivity index (χ3n) is 6.77. The Morgan fingerprint density at radius 3 is 2.51 bits per heavy atom. The fraction of sp³-hybridized carbons (Fsp3) is 0.406. The highest BCUT2D eigenvalue weighted by molar-refractivity contribution is 5.98. The highest BCUT2D eigenvalue weighted by Crippen LogP contribution is 2.28. The molecule has 2 aromatic rings. The van der Waals surface area contributed by atoms with E-state index in [4.69, 9.17) is 18.9 Å². The summed E-state index contributed by atoms with van der Waals surface area (Å²) >= 11 is 0. The minimum Gasteiger partial charge on any atom is -0.503 e. The lowest BCUT2D eigenvalue weighted by Gasteiger charge is -2.29. The molecule has 230 valence electrons. The van der Waals surface area contributed by atoms with Crippen LogP contribution in [0, 0.1) is 5.92 Å². The number of aromatic hydroxyl groups is 1. The van der Waals surface area contributed by atoms with Gasteiger partial charge in [-0.2, -0.15) is 0 Å². The Morgan fingerprint density at radius 1 is 1.12 bits per heavy atom. The number of cyclic esters (lactones) is 2. The summed E-state index contributed by atoms with van der Waals surface area (Å²) in [4.78, 5) is 56.4. The van der Waals surface area contributed by atoms with Crippen molar-refractivity contribution < 1.29 is 43.2 Å². The number of carbonyl (C=O) groups is 4. The molecule has 43 heavy (non-hydrogen) atoms. The van der Waals surface area contributed by atoms with Gasteiger partial charge in [-0.25, -0.2) is 14.6 Å². The number of aromatic nitrogens is 1. The monoisotopic (exact) mass is 594 g/mol. The van der Waals surface area contributed by atoms with Crippen molar-refractivity contribution in [3.63, 3.8) is 0 Å². The van der Waals surface area contributed by atoms with E-state index in [0.717, 1.165) is 17.6 Å². The normalized spacial score (nSPS) is 20.8. The number of benzene rings is 1. The Hall–Kier alpha value is -4.67. The third kappa shape index (κ3) is 9.42. The number of hydrogen-bond acceptors (Lipinski definition) is 10. The van der Waals surface area contributed by atoms with Crippen LogP contribution in [0.2, 0.25) is 0 Å². The van der Waals surface area contributed by atoms with Crippen LogP contribution in [0.3, 0.4) is 0 Å². The molecule has 1 amide bonds. The van der Waals surface area contributed by atoms with Gasteiger partial charge in [0.05, 0.1) is 7.11 Å². The molecule has 1 saturated heterocycles. The highest BCUT2D eigenvalue weighted by Gasteiger charge is 2.42. The van der Waals surface area contributed by atoms with Gasteiger partial charge < -0.3 is 29.4 Å². The van der Waals surface area contributed by atoms with E-state index >= 15 is 0 Å². The van der Waals surface area contributed by atoms with Crippen LogP contribution in [0.15, 0.2) is 65.9 Å². The van der Waals surface area contributed by atoms with E-state index in [1.54, 1.807) is 0 Å². The fourth-order valence-corrected chi connectivity index (χ4v) is 4.50. The summed E-state index contributed by atoms with van der Waals surface area (Å²) in [5, 5.41) is 12.7. The quantitative estimate of drug-likeness (QED) is 0.180. The van der Waals surface area contributed by atoms with E-state index in [-0.39, 0.29) is 12.2 Å². The molecule has 1 aliphatic heterocycles. The van der Waals surface area contributed by atoms with Crippen molar-refractivity contribution in [1.82, 2.24) is 10.3 Å². The summed E-state index contributed by atoms with van der Waals surface area (Å²) in [7, 11) is 1.31. The van der Waals surface area contributed by atoms with Gasteiger partial charge >= 0.3 is 17.9 Å². The molecule has 4 atom stereocenters. The van der Waals surface area contributed by atoms with Crippen LogP contribution in [-0.2, 0) is 35.0 Å². The molecule has 0 saturated carbocycles. The number of pyridine rings is 1. The summed E-state index contributed by atoms with van der Waals surface area (Å²) in [6.45, 7) is 6.75. The SMILES string of the molecule is COc1ccnc(C(=O)NC2COC(=O)[C@H](Cc3ccccc3)C(OC(=O)/C=C(\C)CCC=C(C)C)[C@H](C)OC2=O)c1O. The first-order valence-electron chi connectivity index (χ1n) is 13.9. The van der Waals surface area contributed by atoms with Gasteiger partial charge in [0.15, 0.2) is 29.3 Å². The molecule has 0 aliphatic carbocycles. The van der Waals surface area contributed by atoms with Gasteiger partial charge in [0, 0.05) is 18.3 Å². The number of rotatable bonds is 10. The van der Waals surface area contributed by atoms with Crippen molar-refractivity contribution in [2.24, 2.45) is 5.92 Å². The fourth-order valence-electron chi connectivity index (χ4n) is 4.50. The summed E-state index contributed by atoms with van der Waals surface area (Å²) < 4.78 is 21.9. The summed E-state index contributed by atoms with van der Waals surface area (Å²) in [6, 6.07) is 9.02. The molecule has 0 radical (unpaired) electrons. The first kappa shape index (κ1) is 32.8. The second kappa shape index (κ2) is 15.5. The van der Waals surface area contributed by atoms with Gasteiger partial charge in [0.25, 0.3) is 5.91 Å². The van der Waals surface area contributed by atoms with Crippen molar-refractivity contribution >= 4 is 23.8 Å². The number of allylic oxidation sites excluding steroid dienone is 3. The van der Waals surface area contributed by atoms with E-state index in [1.807, 2.05) is 51.1 Å². The van der Waals surface area contributed by atoms with Crippen molar-refractivity contribution in [2.75, 3.05) is 13.7 Å². The lowest BCUT2D eigenvalue weighted by Crippen LogP contribution is -2.46. The van der Waals surface area contributed by atoms with E-state index in [2.05, 4.69) is 16.4 Å². The molecule has 2 N–H and O–H groups in total. The lowest BCUT2D eigenvalue weighted by atomic mass is 9.91. The van der Waals surface area contributed by atoms with Crippen LogP contribution >= 0.6 is 0 Å². The van der Waals surface area contributed by atoms with Crippen LogP contribution in [0.4, 0.5) is 0 Å². The van der Waals surface area contributed by atoms with Crippen LogP contribution in [0.1, 0.15) is 56.6 Å². The van der Waals surface area contributed by atoms with E-state index in [9.17, 15) is 24.3 Å². The molecule has 1 fully saturated rings. The van der Waals surface area contributed by atoms with Gasteiger partial charge in [0.1, 0.15) is 18.6 Å². The average Bonchev–Trinajstić information content (AvgIpc) is 2.99.